The zero-order chi connectivity index (χ0) is 61.1. The van der Waals surface area contributed by atoms with Crippen LogP contribution in [0.2, 0.25) is 0 Å². The fourth-order valence-corrected chi connectivity index (χ4v) is 16.7. The minimum atomic E-state index is -0.357. The largest absolute Gasteiger partial charge is 0.458 e. The van der Waals surface area contributed by atoms with Crippen molar-refractivity contribution >= 4 is 114 Å². The highest BCUT2D eigenvalue weighted by molar-refractivity contribution is 7.02. The van der Waals surface area contributed by atoms with E-state index in [-0.39, 0.29) is 24.3 Å². The number of fused-ring (bicyclic) bond motifs is 16. The Morgan fingerprint density at radius 2 is 0.630 bits per heavy atom. The van der Waals surface area contributed by atoms with Crippen LogP contribution in [0.1, 0.15) is 49.9 Å². The minimum Gasteiger partial charge on any atom is -0.458 e. The summed E-state index contributed by atoms with van der Waals surface area (Å²) in [6.07, 6.45) is 0. The monoisotopic (exact) mass is 1180 g/mol. The van der Waals surface area contributed by atoms with Crippen LogP contribution in [0.4, 0.5) is 68.2 Å². The highest BCUT2D eigenvalue weighted by atomic mass is 16.5. The molecule has 0 aromatic heterocycles. The summed E-state index contributed by atoms with van der Waals surface area (Å²) < 4.78 is 15.7. The second kappa shape index (κ2) is 19.6. The maximum atomic E-state index is 7.84. The van der Waals surface area contributed by atoms with E-state index in [1.165, 1.54) is 55.4 Å². The summed E-state index contributed by atoms with van der Waals surface area (Å²) in [4.78, 5) is 9.81. The Labute approximate surface area is 537 Å². The molecule has 4 aliphatic heterocycles. The maximum Gasteiger partial charge on any atom is 0.256 e. The number of benzene rings is 13. The summed E-state index contributed by atoms with van der Waals surface area (Å²) in [7, 11) is 0. The van der Waals surface area contributed by atoms with Crippen molar-refractivity contribution in [2.75, 3.05) is 19.6 Å². The molecule has 8 heteroatoms. The lowest BCUT2D eigenvalue weighted by Gasteiger charge is -2.45. The molecule has 6 nitrogen and oxygen atoms in total. The summed E-state index contributed by atoms with van der Waals surface area (Å²) in [6.45, 7) is 9.04. The summed E-state index contributed by atoms with van der Waals surface area (Å²) in [5.74, 6) is 3.57. The van der Waals surface area contributed by atoms with E-state index in [1.54, 1.807) is 0 Å². The fourth-order valence-electron chi connectivity index (χ4n) is 16.7. The standard InChI is InChI=1S/C84H60B2N4O2/c1-83(2)65-41-25-23-39-61(65)63-43-45-67-81(77(63)83)91-75-49-59(87(53-27-11-5-12-28-53)54-29-13-6-14-30-54)47-73-79(75)85(67)69-51-70-72(52-71(69)89(73)57-35-19-9-20-36-57)90(58-37-21-10-22-38-58)74-48-60(88(55-31-15-7-16-32-55)56-33-17-8-18-34-56)50-76-80(74)86(70)68-46-44-64-62-40-24-26-42-66(62)84(3,4)78(64)82(68)92-76/h5-52H,1-4H3. The molecule has 6 aliphatic rings. The van der Waals surface area contributed by atoms with E-state index < -0.39 is 0 Å². The van der Waals surface area contributed by atoms with E-state index >= 15 is 0 Å². The van der Waals surface area contributed by atoms with Crippen molar-refractivity contribution in [2.24, 2.45) is 0 Å². The third kappa shape index (κ3) is 7.46. The fraction of sp³-hybridized carbons (Fsp3) is 0.0714. The van der Waals surface area contributed by atoms with Crippen LogP contribution in [-0.4, -0.2) is 13.4 Å². The van der Waals surface area contributed by atoms with Crippen LogP contribution in [0.5, 0.6) is 23.0 Å². The smallest absolute Gasteiger partial charge is 0.256 e. The Bertz CT molecular complexity index is 4800. The zero-order valence-corrected chi connectivity index (χ0v) is 51.5. The predicted molar refractivity (Wildman–Crippen MR) is 383 cm³/mol. The van der Waals surface area contributed by atoms with Crippen LogP contribution in [-0.2, 0) is 10.8 Å². The molecule has 0 amide bonds. The minimum absolute atomic E-state index is 0.240. The Hall–Kier alpha value is -11.2. The molecule has 19 rings (SSSR count). The van der Waals surface area contributed by atoms with Gasteiger partial charge in [0.15, 0.2) is 0 Å². The van der Waals surface area contributed by atoms with Crippen molar-refractivity contribution in [2.45, 2.75) is 38.5 Å². The van der Waals surface area contributed by atoms with Crippen LogP contribution in [0.15, 0.2) is 291 Å². The molecule has 0 saturated heterocycles. The lowest BCUT2D eigenvalue weighted by atomic mass is 9.30. The molecule has 92 heavy (non-hydrogen) atoms. The summed E-state index contributed by atoms with van der Waals surface area (Å²) in [5.41, 5.74) is 29.0. The van der Waals surface area contributed by atoms with E-state index in [2.05, 4.69) is 338 Å². The Morgan fingerprint density at radius 3 is 1.00 bits per heavy atom. The van der Waals surface area contributed by atoms with Crippen molar-refractivity contribution in [3.05, 3.63) is 313 Å². The van der Waals surface area contributed by atoms with Crippen LogP contribution in [0, 0.1) is 0 Å². The first-order valence-corrected chi connectivity index (χ1v) is 32.1. The number of ether oxygens (including phenoxy) is 2. The highest BCUT2D eigenvalue weighted by Gasteiger charge is 2.51. The molecule has 13 aromatic carbocycles. The normalized spacial score (nSPS) is 14.6. The third-order valence-corrected chi connectivity index (χ3v) is 20.6. The van der Waals surface area contributed by atoms with Crippen LogP contribution in [0.25, 0.3) is 22.3 Å². The number of nitrogens with zero attached hydrogens (tertiary/aromatic N) is 4. The summed E-state index contributed by atoms with van der Waals surface area (Å²) >= 11 is 0. The van der Waals surface area contributed by atoms with Gasteiger partial charge in [0.25, 0.3) is 13.4 Å². The van der Waals surface area contributed by atoms with E-state index in [0.29, 0.717) is 0 Å². The number of para-hydroxylation sites is 6. The average Bonchev–Trinajstić information content (AvgIpc) is 1.11. The second-order valence-electron chi connectivity index (χ2n) is 26.3. The van der Waals surface area contributed by atoms with Gasteiger partial charge in [-0.25, -0.2) is 0 Å². The quantitative estimate of drug-likeness (QED) is 0.141. The Kier molecular flexibility index (Phi) is 11.3. The lowest BCUT2D eigenvalue weighted by Crippen LogP contribution is -2.64. The molecule has 4 heterocycles. The molecule has 13 aromatic rings. The SMILES string of the molecule is CC1(C)c2ccccc2-c2ccc3c(c21)Oc1cc(N(c2ccccc2)c2ccccc2)cc2c1B3c1cc3c(cc1N2c1ccccc1)N(c1ccccc1)c1cc(N(c2ccccc2)c2ccccc2)cc2c1B3c1ccc3c(c1O2)C(C)(C)c1ccccc1-3. The van der Waals surface area contributed by atoms with E-state index in [1.807, 2.05) is 0 Å². The molecule has 0 N–H and O–H groups in total. The van der Waals surface area contributed by atoms with Crippen LogP contribution >= 0.6 is 0 Å². The van der Waals surface area contributed by atoms with Gasteiger partial charge in [0.1, 0.15) is 23.0 Å². The third-order valence-electron chi connectivity index (χ3n) is 20.6. The highest BCUT2D eigenvalue weighted by Crippen LogP contribution is 2.57. The molecule has 0 radical (unpaired) electrons. The first kappa shape index (κ1) is 52.7. The van der Waals surface area contributed by atoms with Crippen LogP contribution in [0.3, 0.4) is 0 Å². The summed E-state index contributed by atoms with van der Waals surface area (Å²) in [5, 5.41) is 0. The Morgan fingerprint density at radius 1 is 0.293 bits per heavy atom. The topological polar surface area (TPSA) is 31.4 Å². The van der Waals surface area contributed by atoms with E-state index in [0.717, 1.165) is 113 Å². The van der Waals surface area contributed by atoms with Crippen molar-refractivity contribution in [3.63, 3.8) is 0 Å². The van der Waals surface area contributed by atoms with Gasteiger partial charge < -0.3 is 29.1 Å². The van der Waals surface area contributed by atoms with Crippen molar-refractivity contribution in [1.29, 1.82) is 0 Å². The van der Waals surface area contributed by atoms with Gasteiger partial charge in [-0.2, -0.15) is 0 Å². The van der Waals surface area contributed by atoms with Crippen molar-refractivity contribution in [1.82, 2.24) is 0 Å². The molecule has 0 atom stereocenters. The van der Waals surface area contributed by atoms with Crippen molar-refractivity contribution < 1.29 is 9.47 Å². The van der Waals surface area contributed by atoms with Gasteiger partial charge in [-0.15, -0.1) is 0 Å². The van der Waals surface area contributed by atoms with Gasteiger partial charge in [0.2, 0.25) is 0 Å². The zero-order valence-electron chi connectivity index (χ0n) is 51.5. The first-order chi connectivity index (χ1) is 45.2. The predicted octanol–water partition coefficient (Wildman–Crippen LogP) is 18.0. The molecule has 0 saturated carbocycles. The molecule has 2 aliphatic carbocycles. The number of hydrogen-bond donors (Lipinski definition) is 0. The van der Waals surface area contributed by atoms with Crippen LogP contribution < -0.4 is 61.9 Å². The van der Waals surface area contributed by atoms with Gasteiger partial charge in [0, 0.05) is 91.0 Å². The second-order valence-corrected chi connectivity index (χ2v) is 26.3. The molecule has 0 fully saturated rings. The first-order valence-electron chi connectivity index (χ1n) is 32.1. The molecule has 434 valence electrons. The number of rotatable bonds is 8. The summed E-state index contributed by atoms with van der Waals surface area (Å²) in [6, 6.07) is 107. The molecular formula is C84H60B2N4O2. The van der Waals surface area contributed by atoms with Gasteiger partial charge in [-0.1, -0.05) is 216 Å². The van der Waals surface area contributed by atoms with Gasteiger partial charge in [0.05, 0.1) is 11.4 Å². The van der Waals surface area contributed by atoms with E-state index in [4.69, 9.17) is 9.47 Å². The van der Waals surface area contributed by atoms with Crippen molar-refractivity contribution in [3.8, 4) is 45.3 Å². The Balaban J connectivity index is 0.934. The average molecular weight is 1180 g/mol. The molecule has 0 spiro atoms. The molecule has 0 unspecified atom stereocenters. The van der Waals surface area contributed by atoms with Gasteiger partial charge in [-0.3, -0.25) is 0 Å². The number of hydrogen-bond acceptors (Lipinski definition) is 6. The van der Waals surface area contributed by atoms with Gasteiger partial charge in [-0.05, 0) is 157 Å². The lowest BCUT2D eigenvalue weighted by molar-refractivity contribution is 0.469. The maximum absolute atomic E-state index is 7.84. The van der Waals surface area contributed by atoms with E-state index in [9.17, 15) is 0 Å². The van der Waals surface area contributed by atoms with Gasteiger partial charge >= 0.3 is 0 Å². The molecular weight excluding hydrogens is 1120 g/mol. The molecule has 0 bridgehead atoms. The number of anilines is 12.